The number of aliphatic hydroxyl groups excluding tert-OH is 1. The summed E-state index contributed by atoms with van der Waals surface area (Å²) in [5.74, 6) is 0. The van der Waals surface area contributed by atoms with Crippen molar-refractivity contribution < 1.29 is 5.11 Å². The number of aliphatic hydroxyl groups is 1. The predicted molar refractivity (Wildman–Crippen MR) is 57.9 cm³/mol. The smallest absolute Gasteiger partial charge is 0.0830 e. The molecule has 0 spiro atoms. The average Bonchev–Trinajstić information content (AvgIpc) is 2.72. The SMILES string of the molecule is O[C@H](CC1=CCC=C1)c1ccccc1. The molecule has 72 valence electrons. The summed E-state index contributed by atoms with van der Waals surface area (Å²) >= 11 is 0. The Kier molecular flexibility index (Phi) is 2.80. The van der Waals surface area contributed by atoms with Crippen molar-refractivity contribution in [2.24, 2.45) is 0 Å². The summed E-state index contributed by atoms with van der Waals surface area (Å²) in [4.78, 5) is 0. The fraction of sp³-hybridized carbons (Fsp3) is 0.231. The van der Waals surface area contributed by atoms with Gasteiger partial charge < -0.3 is 5.11 Å². The maximum Gasteiger partial charge on any atom is 0.0830 e. The lowest BCUT2D eigenvalue weighted by Crippen LogP contribution is -1.97. The van der Waals surface area contributed by atoms with Gasteiger partial charge in [0.05, 0.1) is 6.10 Å². The fourth-order valence-electron chi connectivity index (χ4n) is 1.67. The molecule has 1 nitrogen and oxygen atoms in total. The second kappa shape index (κ2) is 4.25. The molecular weight excluding hydrogens is 172 g/mol. The molecule has 0 unspecified atom stereocenters. The Bertz CT molecular complexity index is 349. The van der Waals surface area contributed by atoms with Crippen LogP contribution in [0.25, 0.3) is 0 Å². The van der Waals surface area contributed by atoms with Gasteiger partial charge in [0.2, 0.25) is 0 Å². The van der Waals surface area contributed by atoms with Crippen molar-refractivity contribution >= 4 is 0 Å². The average molecular weight is 186 g/mol. The molecule has 2 rings (SSSR count). The summed E-state index contributed by atoms with van der Waals surface area (Å²) in [6, 6.07) is 9.80. The second-order valence-corrected chi connectivity index (χ2v) is 3.55. The van der Waals surface area contributed by atoms with Gasteiger partial charge in [-0.25, -0.2) is 0 Å². The molecule has 1 heteroatoms. The molecule has 0 amide bonds. The monoisotopic (exact) mass is 186 g/mol. The van der Waals surface area contributed by atoms with Crippen LogP contribution >= 0.6 is 0 Å². The zero-order chi connectivity index (χ0) is 9.80. The summed E-state index contributed by atoms with van der Waals surface area (Å²) in [5, 5.41) is 9.91. The highest BCUT2D eigenvalue weighted by Gasteiger charge is 2.09. The van der Waals surface area contributed by atoms with Crippen LogP contribution < -0.4 is 0 Å². The molecule has 0 aromatic heterocycles. The van der Waals surface area contributed by atoms with E-state index in [0.29, 0.717) is 0 Å². The third kappa shape index (κ3) is 2.12. The topological polar surface area (TPSA) is 20.2 Å². The molecule has 0 aliphatic heterocycles. The van der Waals surface area contributed by atoms with Gasteiger partial charge in [-0.15, -0.1) is 0 Å². The Hall–Kier alpha value is -1.34. The van der Waals surface area contributed by atoms with Crippen molar-refractivity contribution in [1.82, 2.24) is 0 Å². The van der Waals surface area contributed by atoms with E-state index in [1.165, 1.54) is 5.57 Å². The Balaban J connectivity index is 2.02. The van der Waals surface area contributed by atoms with Crippen LogP contribution in [-0.2, 0) is 0 Å². The van der Waals surface area contributed by atoms with Crippen LogP contribution in [0.2, 0.25) is 0 Å². The quantitative estimate of drug-likeness (QED) is 0.769. The Morgan fingerprint density at radius 3 is 2.64 bits per heavy atom. The van der Waals surface area contributed by atoms with E-state index >= 15 is 0 Å². The minimum Gasteiger partial charge on any atom is -0.388 e. The van der Waals surface area contributed by atoms with Crippen LogP contribution in [0.4, 0.5) is 0 Å². The molecule has 1 aliphatic carbocycles. The fourth-order valence-corrected chi connectivity index (χ4v) is 1.67. The lowest BCUT2D eigenvalue weighted by atomic mass is 10.0. The van der Waals surface area contributed by atoms with Gasteiger partial charge in [-0.3, -0.25) is 0 Å². The molecule has 0 radical (unpaired) electrons. The molecule has 14 heavy (non-hydrogen) atoms. The van der Waals surface area contributed by atoms with Crippen LogP contribution in [0.15, 0.2) is 54.1 Å². The van der Waals surface area contributed by atoms with Crippen molar-refractivity contribution in [3.05, 3.63) is 59.7 Å². The number of allylic oxidation sites excluding steroid dienone is 3. The molecule has 0 saturated carbocycles. The molecule has 0 fully saturated rings. The maximum atomic E-state index is 9.91. The lowest BCUT2D eigenvalue weighted by molar-refractivity contribution is 0.179. The van der Waals surface area contributed by atoms with E-state index < -0.39 is 0 Å². The normalized spacial score (nSPS) is 16.8. The Labute approximate surface area is 84.4 Å². The highest BCUT2D eigenvalue weighted by atomic mass is 16.3. The minimum atomic E-state index is -0.370. The van der Waals surface area contributed by atoms with E-state index in [2.05, 4.69) is 18.2 Å². The molecule has 0 saturated heterocycles. The number of hydrogen-bond acceptors (Lipinski definition) is 1. The summed E-state index contributed by atoms with van der Waals surface area (Å²) in [6.07, 6.45) is 7.73. The highest BCUT2D eigenvalue weighted by Crippen LogP contribution is 2.23. The van der Waals surface area contributed by atoms with Crippen LogP contribution in [0.1, 0.15) is 24.5 Å². The Morgan fingerprint density at radius 2 is 2.00 bits per heavy atom. The van der Waals surface area contributed by atoms with Gasteiger partial charge in [0, 0.05) is 6.42 Å². The Morgan fingerprint density at radius 1 is 1.21 bits per heavy atom. The second-order valence-electron chi connectivity index (χ2n) is 3.55. The van der Waals surface area contributed by atoms with Crippen molar-refractivity contribution in [3.63, 3.8) is 0 Å². The predicted octanol–water partition coefficient (Wildman–Crippen LogP) is 3.00. The summed E-state index contributed by atoms with van der Waals surface area (Å²) in [7, 11) is 0. The molecule has 0 bridgehead atoms. The van der Waals surface area contributed by atoms with Crippen molar-refractivity contribution in [2.45, 2.75) is 18.9 Å². The zero-order valence-corrected chi connectivity index (χ0v) is 8.06. The van der Waals surface area contributed by atoms with Crippen LogP contribution in [-0.4, -0.2) is 5.11 Å². The lowest BCUT2D eigenvalue weighted by Gasteiger charge is -2.10. The summed E-state index contributed by atoms with van der Waals surface area (Å²) in [6.45, 7) is 0. The summed E-state index contributed by atoms with van der Waals surface area (Å²) < 4.78 is 0. The van der Waals surface area contributed by atoms with E-state index in [4.69, 9.17) is 0 Å². The molecule has 1 aliphatic rings. The van der Waals surface area contributed by atoms with Gasteiger partial charge in [-0.05, 0) is 17.6 Å². The standard InChI is InChI=1S/C13H14O/c14-13(10-11-6-4-5-7-11)12-8-2-1-3-9-12/h1-4,6-9,13-14H,5,10H2/t13-/m1/s1. The third-order valence-electron chi connectivity index (χ3n) is 2.46. The minimum absolute atomic E-state index is 0.370. The van der Waals surface area contributed by atoms with E-state index in [9.17, 15) is 5.11 Å². The first-order chi connectivity index (χ1) is 6.86. The zero-order valence-electron chi connectivity index (χ0n) is 8.06. The van der Waals surface area contributed by atoms with E-state index in [1.807, 2.05) is 30.3 Å². The third-order valence-corrected chi connectivity index (χ3v) is 2.46. The van der Waals surface area contributed by atoms with Gasteiger partial charge in [0.1, 0.15) is 0 Å². The first-order valence-corrected chi connectivity index (χ1v) is 4.95. The first kappa shape index (κ1) is 9.22. The molecule has 1 aromatic rings. The van der Waals surface area contributed by atoms with E-state index in [1.54, 1.807) is 0 Å². The van der Waals surface area contributed by atoms with Gasteiger partial charge in [-0.2, -0.15) is 0 Å². The molecule has 1 aromatic carbocycles. The van der Waals surface area contributed by atoms with E-state index in [-0.39, 0.29) is 6.10 Å². The van der Waals surface area contributed by atoms with Gasteiger partial charge in [-0.1, -0.05) is 48.6 Å². The highest BCUT2D eigenvalue weighted by molar-refractivity contribution is 5.28. The van der Waals surface area contributed by atoms with Crippen LogP contribution in [0, 0.1) is 0 Å². The van der Waals surface area contributed by atoms with Crippen molar-refractivity contribution in [2.75, 3.05) is 0 Å². The largest absolute Gasteiger partial charge is 0.388 e. The van der Waals surface area contributed by atoms with Gasteiger partial charge in [0.15, 0.2) is 0 Å². The number of rotatable bonds is 3. The number of benzene rings is 1. The first-order valence-electron chi connectivity index (χ1n) is 4.95. The molecule has 1 N–H and O–H groups in total. The van der Waals surface area contributed by atoms with Crippen molar-refractivity contribution in [3.8, 4) is 0 Å². The molecule has 0 heterocycles. The molecule has 1 atom stereocenters. The summed E-state index contributed by atoms with van der Waals surface area (Å²) in [5.41, 5.74) is 2.23. The molecular formula is C13H14O. The van der Waals surface area contributed by atoms with Gasteiger partial charge >= 0.3 is 0 Å². The maximum absolute atomic E-state index is 9.91. The van der Waals surface area contributed by atoms with Crippen LogP contribution in [0.3, 0.4) is 0 Å². The number of hydrogen-bond donors (Lipinski definition) is 1. The van der Waals surface area contributed by atoms with Gasteiger partial charge in [0.25, 0.3) is 0 Å². The van der Waals surface area contributed by atoms with E-state index in [0.717, 1.165) is 18.4 Å². The van der Waals surface area contributed by atoms with Crippen molar-refractivity contribution in [1.29, 1.82) is 0 Å². The van der Waals surface area contributed by atoms with Crippen LogP contribution in [0.5, 0.6) is 0 Å².